The van der Waals surface area contributed by atoms with Gasteiger partial charge < -0.3 is 15.5 Å². The van der Waals surface area contributed by atoms with Crippen LogP contribution in [0, 0.1) is 17.8 Å². The highest BCUT2D eigenvalue weighted by molar-refractivity contribution is 5.85. The molecule has 0 saturated carbocycles. The van der Waals surface area contributed by atoms with Crippen molar-refractivity contribution in [3.8, 4) is 0 Å². The van der Waals surface area contributed by atoms with Crippen molar-refractivity contribution in [2.75, 3.05) is 32.7 Å². The molecule has 2 aliphatic rings. The quantitative estimate of drug-likeness (QED) is 0.852. The van der Waals surface area contributed by atoms with Crippen molar-refractivity contribution in [2.24, 2.45) is 23.5 Å². The lowest BCUT2D eigenvalue weighted by molar-refractivity contribution is -0.143. The third kappa shape index (κ3) is 4.59. The van der Waals surface area contributed by atoms with Gasteiger partial charge >= 0.3 is 0 Å². The molecule has 128 valence electrons. The van der Waals surface area contributed by atoms with Crippen LogP contribution in [0.25, 0.3) is 0 Å². The summed E-state index contributed by atoms with van der Waals surface area (Å²) in [4.78, 5) is 28.6. The van der Waals surface area contributed by atoms with Gasteiger partial charge in [-0.15, -0.1) is 12.4 Å². The Bertz CT molecular complexity index is 384. The van der Waals surface area contributed by atoms with Gasteiger partial charge in [0, 0.05) is 44.6 Å². The minimum Gasteiger partial charge on any atom is -0.342 e. The molecule has 0 aromatic heterocycles. The molecule has 0 bridgehead atoms. The monoisotopic (exact) mass is 331 g/mol. The first-order valence-electron chi connectivity index (χ1n) is 8.30. The van der Waals surface area contributed by atoms with E-state index in [1.807, 2.05) is 16.7 Å². The highest BCUT2D eigenvalue weighted by Gasteiger charge is 2.32. The highest BCUT2D eigenvalue weighted by Crippen LogP contribution is 2.24. The second-order valence-electron chi connectivity index (χ2n) is 6.77. The molecule has 0 aliphatic carbocycles. The van der Waals surface area contributed by atoms with E-state index in [0.717, 1.165) is 32.4 Å². The predicted molar refractivity (Wildman–Crippen MR) is 89.7 cm³/mol. The molecule has 2 N–H and O–H groups in total. The molecule has 5 nitrogen and oxygen atoms in total. The SMILES string of the molecule is CC1CCCN(C(=O)C2CCN(C(=O)C(C)CN)CC2)C1.Cl. The average molecular weight is 332 g/mol. The molecule has 0 spiro atoms. The second-order valence-corrected chi connectivity index (χ2v) is 6.77. The van der Waals surface area contributed by atoms with Crippen molar-refractivity contribution < 1.29 is 9.59 Å². The zero-order chi connectivity index (χ0) is 15.4. The van der Waals surface area contributed by atoms with Gasteiger partial charge in [0.25, 0.3) is 0 Å². The van der Waals surface area contributed by atoms with Crippen LogP contribution in [0.3, 0.4) is 0 Å². The van der Waals surface area contributed by atoms with Crippen LogP contribution >= 0.6 is 12.4 Å². The topological polar surface area (TPSA) is 66.6 Å². The summed E-state index contributed by atoms with van der Waals surface area (Å²) in [7, 11) is 0. The van der Waals surface area contributed by atoms with Crippen molar-refractivity contribution in [3.63, 3.8) is 0 Å². The second kappa shape index (κ2) is 8.73. The molecule has 2 fully saturated rings. The highest BCUT2D eigenvalue weighted by atomic mass is 35.5. The summed E-state index contributed by atoms with van der Waals surface area (Å²) in [6, 6.07) is 0. The van der Waals surface area contributed by atoms with Gasteiger partial charge in [0.2, 0.25) is 11.8 Å². The molecule has 22 heavy (non-hydrogen) atoms. The number of nitrogens with zero attached hydrogens (tertiary/aromatic N) is 2. The minimum absolute atomic E-state index is 0. The maximum atomic E-state index is 12.6. The van der Waals surface area contributed by atoms with Crippen LogP contribution in [0.1, 0.15) is 39.5 Å². The average Bonchev–Trinajstić information content (AvgIpc) is 2.53. The van der Waals surface area contributed by atoms with Crippen molar-refractivity contribution in [1.82, 2.24) is 9.80 Å². The molecule has 0 aromatic rings. The smallest absolute Gasteiger partial charge is 0.226 e. The summed E-state index contributed by atoms with van der Waals surface area (Å²) in [5, 5.41) is 0. The number of amides is 2. The Morgan fingerprint density at radius 1 is 1.14 bits per heavy atom. The van der Waals surface area contributed by atoms with Gasteiger partial charge in [0.15, 0.2) is 0 Å². The normalized spacial score (nSPS) is 24.6. The maximum absolute atomic E-state index is 12.6. The fraction of sp³-hybridized carbons (Fsp3) is 0.875. The lowest BCUT2D eigenvalue weighted by Crippen LogP contribution is -2.48. The van der Waals surface area contributed by atoms with E-state index in [1.54, 1.807) is 0 Å². The zero-order valence-electron chi connectivity index (χ0n) is 13.8. The van der Waals surface area contributed by atoms with Crippen LogP contribution in [0.2, 0.25) is 0 Å². The summed E-state index contributed by atoms with van der Waals surface area (Å²) in [5.41, 5.74) is 5.56. The van der Waals surface area contributed by atoms with Gasteiger partial charge in [-0.2, -0.15) is 0 Å². The van der Waals surface area contributed by atoms with Gasteiger partial charge in [-0.25, -0.2) is 0 Å². The largest absolute Gasteiger partial charge is 0.342 e. The fourth-order valence-electron chi connectivity index (χ4n) is 3.41. The van der Waals surface area contributed by atoms with Crippen molar-refractivity contribution in [3.05, 3.63) is 0 Å². The van der Waals surface area contributed by atoms with Crippen LogP contribution in [0.4, 0.5) is 0 Å². The van der Waals surface area contributed by atoms with Crippen LogP contribution < -0.4 is 5.73 Å². The molecule has 2 unspecified atom stereocenters. The van der Waals surface area contributed by atoms with Gasteiger partial charge in [-0.05, 0) is 31.6 Å². The molecule has 2 saturated heterocycles. The summed E-state index contributed by atoms with van der Waals surface area (Å²) in [6.45, 7) is 7.69. The number of carbonyl (C=O) groups is 2. The fourth-order valence-corrected chi connectivity index (χ4v) is 3.41. The van der Waals surface area contributed by atoms with E-state index in [2.05, 4.69) is 6.92 Å². The number of nitrogens with two attached hydrogens (primary N) is 1. The van der Waals surface area contributed by atoms with E-state index in [-0.39, 0.29) is 30.2 Å². The predicted octanol–water partition coefficient (Wildman–Crippen LogP) is 1.50. The van der Waals surface area contributed by atoms with Crippen molar-refractivity contribution in [2.45, 2.75) is 39.5 Å². The Kier molecular flexibility index (Phi) is 7.63. The van der Waals surface area contributed by atoms with E-state index in [0.29, 0.717) is 31.5 Å². The van der Waals surface area contributed by atoms with E-state index in [9.17, 15) is 9.59 Å². The summed E-state index contributed by atoms with van der Waals surface area (Å²) in [6.07, 6.45) is 3.95. The standard InChI is InChI=1S/C16H29N3O2.ClH/c1-12-4-3-7-19(11-12)16(21)14-5-8-18(9-6-14)15(20)13(2)10-17;/h12-14H,3-11,17H2,1-2H3;1H. The van der Waals surface area contributed by atoms with Crippen molar-refractivity contribution in [1.29, 1.82) is 0 Å². The third-order valence-corrected chi connectivity index (χ3v) is 4.90. The molecule has 2 heterocycles. The number of hydrogen-bond acceptors (Lipinski definition) is 3. The number of likely N-dealkylation sites (tertiary alicyclic amines) is 2. The van der Waals surface area contributed by atoms with Crippen LogP contribution in [0.15, 0.2) is 0 Å². The molecule has 2 rings (SSSR count). The Labute approximate surface area is 140 Å². The number of hydrogen-bond donors (Lipinski definition) is 1. The number of carbonyl (C=O) groups excluding carboxylic acids is 2. The zero-order valence-corrected chi connectivity index (χ0v) is 14.6. The number of piperidine rings is 2. The summed E-state index contributed by atoms with van der Waals surface area (Å²) < 4.78 is 0. The molecular formula is C16H30ClN3O2. The van der Waals surface area contributed by atoms with Gasteiger partial charge in [0.1, 0.15) is 0 Å². The lowest BCUT2D eigenvalue weighted by atomic mass is 9.92. The first-order chi connectivity index (χ1) is 10.0. The molecule has 6 heteroatoms. The van der Waals surface area contributed by atoms with E-state index in [1.165, 1.54) is 6.42 Å². The lowest BCUT2D eigenvalue weighted by Gasteiger charge is -2.37. The molecular weight excluding hydrogens is 302 g/mol. The van der Waals surface area contributed by atoms with E-state index >= 15 is 0 Å². The van der Waals surface area contributed by atoms with Crippen LogP contribution in [0.5, 0.6) is 0 Å². The maximum Gasteiger partial charge on any atom is 0.226 e. The van der Waals surface area contributed by atoms with Crippen LogP contribution in [-0.2, 0) is 9.59 Å². The van der Waals surface area contributed by atoms with Gasteiger partial charge in [-0.1, -0.05) is 13.8 Å². The van der Waals surface area contributed by atoms with E-state index in [4.69, 9.17) is 5.73 Å². The minimum atomic E-state index is -0.111. The van der Waals surface area contributed by atoms with Gasteiger partial charge in [0.05, 0.1) is 0 Å². The first-order valence-corrected chi connectivity index (χ1v) is 8.30. The first kappa shape index (κ1) is 19.2. The number of halogens is 1. The van der Waals surface area contributed by atoms with Crippen molar-refractivity contribution >= 4 is 24.2 Å². The van der Waals surface area contributed by atoms with E-state index < -0.39 is 0 Å². The molecule has 2 aliphatic heterocycles. The van der Waals surface area contributed by atoms with Gasteiger partial charge in [-0.3, -0.25) is 9.59 Å². The summed E-state index contributed by atoms with van der Waals surface area (Å²) in [5.74, 6) is 1.05. The Balaban J connectivity index is 0.00000242. The Hall–Kier alpha value is -0.810. The molecule has 2 atom stereocenters. The summed E-state index contributed by atoms with van der Waals surface area (Å²) >= 11 is 0. The number of rotatable bonds is 3. The Morgan fingerprint density at radius 2 is 1.77 bits per heavy atom. The van der Waals surface area contributed by atoms with Crippen LogP contribution in [-0.4, -0.2) is 54.3 Å². The molecule has 0 radical (unpaired) electrons. The Morgan fingerprint density at radius 3 is 2.32 bits per heavy atom. The third-order valence-electron chi connectivity index (χ3n) is 4.90. The molecule has 2 amide bonds. The molecule has 0 aromatic carbocycles.